The van der Waals surface area contributed by atoms with Gasteiger partial charge in [0, 0.05) is 17.8 Å². The summed E-state index contributed by atoms with van der Waals surface area (Å²) >= 11 is 0. The lowest BCUT2D eigenvalue weighted by molar-refractivity contribution is 0.0686. The summed E-state index contributed by atoms with van der Waals surface area (Å²) in [4.78, 5) is 25.2. The van der Waals surface area contributed by atoms with E-state index in [0.29, 0.717) is 5.88 Å². The lowest BCUT2D eigenvalue weighted by Gasteiger charge is -2.03. The van der Waals surface area contributed by atoms with Crippen molar-refractivity contribution in [3.8, 4) is 17.0 Å². The van der Waals surface area contributed by atoms with Crippen LogP contribution in [0, 0.1) is 0 Å². The highest BCUT2D eigenvalue weighted by molar-refractivity contribution is 6.58. The molecule has 2 aromatic carbocycles. The second-order valence-electron chi connectivity index (χ2n) is 5.77. The van der Waals surface area contributed by atoms with Crippen LogP contribution in [0.1, 0.15) is 20.7 Å². The fourth-order valence-electron chi connectivity index (χ4n) is 2.27. The van der Waals surface area contributed by atoms with Gasteiger partial charge in [0.05, 0.1) is 18.2 Å². The van der Waals surface area contributed by atoms with E-state index in [1.807, 2.05) is 6.07 Å². The summed E-state index contributed by atoms with van der Waals surface area (Å²) in [6, 6.07) is 15.6. The van der Waals surface area contributed by atoms with E-state index in [1.54, 1.807) is 43.6 Å². The predicted octanol–water partition coefficient (Wildman–Crippen LogP) is 1.52. The fourth-order valence-corrected chi connectivity index (χ4v) is 2.27. The first-order chi connectivity index (χ1) is 13.8. The average Bonchev–Trinajstić information content (AvgIpc) is 2.74. The van der Waals surface area contributed by atoms with Crippen LogP contribution in [0.25, 0.3) is 11.1 Å². The Morgan fingerprint density at radius 2 is 1.28 bits per heavy atom. The first-order valence-corrected chi connectivity index (χ1v) is 8.35. The number of carboxylic acid groups (broad SMARTS) is 2. The summed E-state index contributed by atoms with van der Waals surface area (Å²) in [6.45, 7) is 0. The molecule has 0 spiro atoms. The van der Waals surface area contributed by atoms with Gasteiger partial charge in [-0.2, -0.15) is 0 Å². The fraction of sp³-hybridized carbons (Fsp3) is 0.0500. The Balaban J connectivity index is 0.000000221. The molecule has 0 atom stereocenters. The molecule has 1 heterocycles. The predicted molar refractivity (Wildman–Crippen MR) is 106 cm³/mol. The first kappa shape index (κ1) is 21.6. The largest absolute Gasteiger partial charge is 0.488 e. The van der Waals surface area contributed by atoms with Gasteiger partial charge in [0.15, 0.2) is 0 Å². The maximum absolute atomic E-state index is 10.7. The average molecular weight is 395 g/mol. The van der Waals surface area contributed by atoms with Crippen molar-refractivity contribution in [1.29, 1.82) is 0 Å². The van der Waals surface area contributed by atoms with Crippen molar-refractivity contribution >= 4 is 24.5 Å². The van der Waals surface area contributed by atoms with Gasteiger partial charge < -0.3 is 25.0 Å². The molecule has 1 aromatic heterocycles. The Kier molecular flexibility index (Phi) is 7.47. The monoisotopic (exact) mass is 395 g/mol. The van der Waals surface area contributed by atoms with Crippen LogP contribution in [0.4, 0.5) is 0 Å². The molecule has 0 aliphatic rings. The van der Waals surface area contributed by atoms with Gasteiger partial charge in [-0.1, -0.05) is 24.3 Å². The van der Waals surface area contributed by atoms with E-state index in [1.165, 1.54) is 24.3 Å². The number of aromatic carboxylic acids is 2. The van der Waals surface area contributed by atoms with Crippen molar-refractivity contribution in [3.05, 3.63) is 78.0 Å². The smallest absolute Gasteiger partial charge is 0.481 e. The Morgan fingerprint density at radius 1 is 0.793 bits per heavy atom. The van der Waals surface area contributed by atoms with Crippen LogP contribution in [-0.2, 0) is 0 Å². The normalized spacial score (nSPS) is 9.76. The first-order valence-electron chi connectivity index (χ1n) is 8.35. The number of hydrogen-bond acceptors (Lipinski definition) is 6. The number of pyridine rings is 1. The van der Waals surface area contributed by atoms with Gasteiger partial charge in [0.25, 0.3) is 0 Å². The number of hydrogen-bond donors (Lipinski definition) is 4. The van der Waals surface area contributed by atoms with Gasteiger partial charge in [-0.15, -0.1) is 0 Å². The third-order valence-electron chi connectivity index (χ3n) is 3.87. The Hall–Kier alpha value is -3.69. The van der Waals surface area contributed by atoms with Crippen molar-refractivity contribution in [2.45, 2.75) is 0 Å². The molecule has 8 nitrogen and oxygen atoms in total. The number of ether oxygens (including phenoxy) is 1. The second kappa shape index (κ2) is 10.0. The highest BCUT2D eigenvalue weighted by Crippen LogP contribution is 2.20. The SMILES string of the molecule is COc1ccc(-c2ccc(C(=O)O)cc2)cn1.O=C(O)c1ccc(B(O)O)cc1. The van der Waals surface area contributed by atoms with Crippen LogP contribution in [0.2, 0.25) is 0 Å². The molecule has 3 rings (SSSR count). The minimum absolute atomic E-state index is 0.124. The molecule has 29 heavy (non-hydrogen) atoms. The minimum atomic E-state index is -1.55. The van der Waals surface area contributed by atoms with Gasteiger partial charge in [0.2, 0.25) is 5.88 Å². The molecule has 0 unspecified atom stereocenters. The van der Waals surface area contributed by atoms with Gasteiger partial charge in [-0.3, -0.25) is 0 Å². The number of rotatable bonds is 5. The molecule has 0 radical (unpaired) electrons. The molecule has 9 heteroatoms. The minimum Gasteiger partial charge on any atom is -0.481 e. The van der Waals surface area contributed by atoms with Crippen molar-refractivity contribution in [2.75, 3.05) is 7.11 Å². The van der Waals surface area contributed by atoms with Crippen LogP contribution >= 0.6 is 0 Å². The summed E-state index contributed by atoms with van der Waals surface area (Å²) < 4.78 is 4.97. The molecular formula is C20H18BNO7. The molecule has 0 amide bonds. The van der Waals surface area contributed by atoms with E-state index in [-0.39, 0.29) is 16.6 Å². The number of nitrogens with zero attached hydrogens (tertiary/aromatic N) is 1. The van der Waals surface area contributed by atoms with E-state index < -0.39 is 19.1 Å². The van der Waals surface area contributed by atoms with Gasteiger partial charge in [-0.25, -0.2) is 14.6 Å². The summed E-state index contributed by atoms with van der Waals surface area (Å²) in [5.74, 6) is -1.41. The van der Waals surface area contributed by atoms with Crippen LogP contribution in [0.5, 0.6) is 5.88 Å². The zero-order chi connectivity index (χ0) is 21.4. The lowest BCUT2D eigenvalue weighted by Crippen LogP contribution is -2.29. The van der Waals surface area contributed by atoms with E-state index in [9.17, 15) is 9.59 Å². The zero-order valence-electron chi connectivity index (χ0n) is 15.4. The van der Waals surface area contributed by atoms with Crippen molar-refractivity contribution in [3.63, 3.8) is 0 Å². The Morgan fingerprint density at radius 3 is 1.66 bits per heavy atom. The molecule has 0 fully saturated rings. The lowest BCUT2D eigenvalue weighted by atomic mass is 9.80. The standard InChI is InChI=1S/C13H11NO3.C7H7BO4/c1-17-12-7-6-11(8-14-12)9-2-4-10(5-3-9)13(15)16;9-7(10)5-1-3-6(4-2-5)8(11)12/h2-8H,1H3,(H,15,16);1-4,11-12H,(H,9,10). The molecule has 4 N–H and O–H groups in total. The van der Waals surface area contributed by atoms with Crippen molar-refractivity contribution < 1.29 is 34.6 Å². The topological polar surface area (TPSA) is 137 Å². The van der Waals surface area contributed by atoms with Crippen LogP contribution in [0.15, 0.2) is 66.9 Å². The molecule has 148 valence electrons. The molecule has 0 saturated heterocycles. The summed E-state index contributed by atoms with van der Waals surface area (Å²) in [5, 5.41) is 34.6. The summed E-state index contributed by atoms with van der Waals surface area (Å²) in [6.07, 6.45) is 1.69. The third-order valence-corrected chi connectivity index (χ3v) is 3.87. The zero-order valence-corrected chi connectivity index (χ0v) is 15.4. The molecule has 0 aliphatic carbocycles. The molecular weight excluding hydrogens is 377 g/mol. The van der Waals surface area contributed by atoms with Crippen molar-refractivity contribution in [1.82, 2.24) is 4.98 Å². The number of carbonyl (C=O) groups is 2. The number of carboxylic acids is 2. The van der Waals surface area contributed by atoms with Gasteiger partial charge >= 0.3 is 19.1 Å². The maximum Gasteiger partial charge on any atom is 0.488 e. The summed E-state index contributed by atoms with van der Waals surface area (Å²) in [7, 11) is 0.0109. The number of methoxy groups -OCH3 is 1. The van der Waals surface area contributed by atoms with Gasteiger partial charge in [-0.05, 0) is 41.4 Å². The maximum atomic E-state index is 10.7. The van der Waals surface area contributed by atoms with Crippen LogP contribution < -0.4 is 10.2 Å². The van der Waals surface area contributed by atoms with E-state index in [4.69, 9.17) is 25.0 Å². The van der Waals surface area contributed by atoms with Gasteiger partial charge in [0.1, 0.15) is 0 Å². The van der Waals surface area contributed by atoms with E-state index >= 15 is 0 Å². The Labute approximate surface area is 166 Å². The van der Waals surface area contributed by atoms with E-state index in [2.05, 4.69) is 4.98 Å². The molecule has 0 aliphatic heterocycles. The Bertz CT molecular complexity index is 956. The van der Waals surface area contributed by atoms with Crippen LogP contribution in [-0.4, -0.2) is 51.4 Å². The molecule has 3 aromatic rings. The highest BCUT2D eigenvalue weighted by Gasteiger charge is 2.11. The third kappa shape index (κ3) is 6.17. The highest BCUT2D eigenvalue weighted by atomic mass is 16.5. The van der Waals surface area contributed by atoms with Crippen molar-refractivity contribution in [2.24, 2.45) is 0 Å². The molecule has 0 saturated carbocycles. The summed E-state index contributed by atoms with van der Waals surface area (Å²) in [5.41, 5.74) is 2.52. The van der Waals surface area contributed by atoms with Crippen LogP contribution in [0.3, 0.4) is 0 Å². The molecule has 0 bridgehead atoms. The quantitative estimate of drug-likeness (QED) is 0.478. The van der Waals surface area contributed by atoms with E-state index in [0.717, 1.165) is 11.1 Å². The second-order valence-corrected chi connectivity index (χ2v) is 5.77. The number of benzene rings is 2. The number of aromatic nitrogens is 1.